The van der Waals surface area contributed by atoms with Gasteiger partial charge in [0.15, 0.2) is 0 Å². The first-order valence-electron chi connectivity index (χ1n) is 1.96. The van der Waals surface area contributed by atoms with Gasteiger partial charge in [-0.05, 0) is 0 Å². The fraction of sp³-hybridized carbons (Fsp3) is 0. The average molecular weight is 250 g/mol. The first-order valence-corrected chi connectivity index (χ1v) is 5.87. The number of rotatable bonds is 4. The molecule has 0 rings (SSSR count). The molecule has 8 nitrogen and oxygen atoms in total. The zero-order valence-electron chi connectivity index (χ0n) is 5.29. The molecule has 2 atom stereocenters. The van der Waals surface area contributed by atoms with Crippen molar-refractivity contribution >= 4 is 41.7 Å². The van der Waals surface area contributed by atoms with Gasteiger partial charge in [-0.1, -0.05) is 0 Å². The van der Waals surface area contributed by atoms with Crippen LogP contribution in [0.4, 0.5) is 0 Å². The van der Waals surface area contributed by atoms with Crippen molar-refractivity contribution in [2.24, 2.45) is 0 Å². The maximum atomic E-state index is 10.1. The van der Waals surface area contributed by atoms with Gasteiger partial charge in [0.1, 0.15) is 16.5 Å². The molecular formula is H2AlO8P3. The summed E-state index contributed by atoms with van der Waals surface area (Å²) in [5, 5.41) is 0. The first kappa shape index (κ1) is 15.5. The summed E-state index contributed by atoms with van der Waals surface area (Å²) in [5.74, 6) is 0. The number of phosphoric acid groups is 1. The summed E-state index contributed by atoms with van der Waals surface area (Å²) in [6, 6.07) is 0. The average Bonchev–Trinajstić information content (AvgIpc) is 1.53. The maximum Gasteiger partial charge on any atom is 3.00 e. The molecule has 0 saturated carbocycles. The van der Waals surface area contributed by atoms with Gasteiger partial charge in [0.2, 0.25) is 0 Å². The van der Waals surface area contributed by atoms with Crippen molar-refractivity contribution in [3.8, 4) is 0 Å². The fourth-order valence-electron chi connectivity index (χ4n) is 0.201. The van der Waals surface area contributed by atoms with E-state index >= 15 is 0 Å². The van der Waals surface area contributed by atoms with E-state index in [1.807, 2.05) is 0 Å². The minimum absolute atomic E-state index is 0. The van der Waals surface area contributed by atoms with Gasteiger partial charge in [-0.3, -0.25) is 13.2 Å². The van der Waals surface area contributed by atoms with Crippen molar-refractivity contribution < 1.29 is 37.0 Å². The second-order valence-corrected chi connectivity index (χ2v) is 4.48. The van der Waals surface area contributed by atoms with Crippen LogP contribution in [0.3, 0.4) is 0 Å². The van der Waals surface area contributed by atoms with Crippen LogP contribution < -0.4 is 14.7 Å². The van der Waals surface area contributed by atoms with E-state index in [1.165, 1.54) is 0 Å². The van der Waals surface area contributed by atoms with Gasteiger partial charge in [-0.2, -0.15) is 0 Å². The van der Waals surface area contributed by atoms with Gasteiger partial charge in [0, 0.05) is 0 Å². The Morgan fingerprint density at radius 1 is 1.08 bits per heavy atom. The summed E-state index contributed by atoms with van der Waals surface area (Å²) in [7, 11) is -13.2. The summed E-state index contributed by atoms with van der Waals surface area (Å²) in [5.41, 5.74) is 0. The molecule has 0 aromatic carbocycles. The molecule has 0 aliphatic rings. The minimum Gasteiger partial charge on any atom is -0.781 e. The van der Waals surface area contributed by atoms with E-state index < -0.39 is 24.3 Å². The molecule has 2 unspecified atom stereocenters. The molecule has 0 aromatic rings. The summed E-state index contributed by atoms with van der Waals surface area (Å²) >= 11 is 0. The summed E-state index contributed by atoms with van der Waals surface area (Å²) in [6.07, 6.45) is 0. The van der Waals surface area contributed by atoms with Crippen molar-refractivity contribution in [2.45, 2.75) is 0 Å². The molecule has 0 N–H and O–H groups in total. The van der Waals surface area contributed by atoms with Crippen molar-refractivity contribution in [1.29, 1.82) is 0 Å². The maximum absolute atomic E-state index is 10.1. The van der Waals surface area contributed by atoms with Crippen molar-refractivity contribution in [3.05, 3.63) is 0 Å². The van der Waals surface area contributed by atoms with E-state index in [4.69, 9.17) is 0 Å². The van der Waals surface area contributed by atoms with Crippen LogP contribution in [0.25, 0.3) is 0 Å². The molecule has 12 heteroatoms. The Morgan fingerprint density at radius 2 is 1.33 bits per heavy atom. The van der Waals surface area contributed by atoms with Gasteiger partial charge < -0.3 is 23.8 Å². The summed E-state index contributed by atoms with van der Waals surface area (Å²) in [4.78, 5) is 29.3. The van der Waals surface area contributed by atoms with Crippen LogP contribution >= 0.6 is 24.3 Å². The Balaban J connectivity index is 0. The molecule has 0 aliphatic heterocycles. The van der Waals surface area contributed by atoms with E-state index in [9.17, 15) is 28.4 Å². The second-order valence-electron chi connectivity index (χ2n) is 1.13. The van der Waals surface area contributed by atoms with Crippen LogP contribution in [0.5, 0.6) is 0 Å². The van der Waals surface area contributed by atoms with Crippen molar-refractivity contribution in [3.63, 3.8) is 0 Å². The second kappa shape index (κ2) is 6.47. The fourth-order valence-corrected chi connectivity index (χ4v) is 2.15. The monoisotopic (exact) mass is 250 g/mol. The SMILES string of the molecule is O=[PH]([O-])OP(=O)([O-])O[PH](=O)[O-].[Al+3]. The van der Waals surface area contributed by atoms with E-state index in [2.05, 4.69) is 8.62 Å². The molecule has 0 bridgehead atoms. The van der Waals surface area contributed by atoms with Gasteiger partial charge in [-0.15, -0.1) is 0 Å². The Hall–Kier alpha value is 1.02. The number of hydrogen-bond donors (Lipinski definition) is 0. The Kier molecular flexibility index (Phi) is 8.36. The van der Waals surface area contributed by atoms with E-state index in [-0.39, 0.29) is 17.4 Å². The third kappa shape index (κ3) is 9.11. The molecule has 12 heavy (non-hydrogen) atoms. The van der Waals surface area contributed by atoms with Crippen LogP contribution in [0.15, 0.2) is 0 Å². The quantitative estimate of drug-likeness (QED) is 0.397. The zero-order valence-corrected chi connectivity index (χ0v) is 9.34. The largest absolute Gasteiger partial charge is 3.00 e. The van der Waals surface area contributed by atoms with Crippen LogP contribution in [-0.2, 0) is 22.3 Å². The Labute approximate surface area is 79.2 Å². The van der Waals surface area contributed by atoms with Crippen molar-refractivity contribution in [1.82, 2.24) is 0 Å². The van der Waals surface area contributed by atoms with Gasteiger partial charge in [-0.25, -0.2) is 0 Å². The standard InChI is InChI=1S/Al.H5O8P3/c;1-9(2)7-11(5,6)8-10(3)4/h;9-10H,(H,1,2)(H,3,4)(H,5,6)/q+3;/p-3. The van der Waals surface area contributed by atoms with E-state index in [0.717, 1.165) is 0 Å². The van der Waals surface area contributed by atoms with Gasteiger partial charge >= 0.3 is 17.4 Å². The van der Waals surface area contributed by atoms with Gasteiger partial charge in [0.25, 0.3) is 7.82 Å². The summed E-state index contributed by atoms with van der Waals surface area (Å²) in [6.45, 7) is 0. The molecule has 0 aromatic heterocycles. The van der Waals surface area contributed by atoms with Crippen LogP contribution in [-0.4, -0.2) is 17.4 Å². The third-order valence-electron chi connectivity index (χ3n) is 0.373. The molecule has 0 radical (unpaired) electrons. The summed E-state index contributed by atoms with van der Waals surface area (Å²) < 4.78 is 35.6. The smallest absolute Gasteiger partial charge is 0.781 e. The van der Waals surface area contributed by atoms with Crippen molar-refractivity contribution in [2.75, 3.05) is 0 Å². The topological polar surface area (TPSA) is 139 Å². The first-order chi connectivity index (χ1) is 4.83. The Morgan fingerprint density at radius 3 is 1.50 bits per heavy atom. The van der Waals surface area contributed by atoms with Gasteiger partial charge in [0.05, 0.1) is 0 Å². The van der Waals surface area contributed by atoms with Crippen LogP contribution in [0.2, 0.25) is 0 Å². The molecular weight excluding hydrogens is 248 g/mol. The van der Waals surface area contributed by atoms with Crippen LogP contribution in [0, 0.1) is 0 Å². The van der Waals surface area contributed by atoms with Crippen LogP contribution in [0.1, 0.15) is 0 Å². The minimum atomic E-state index is -5.21. The Bertz CT molecular complexity index is 200. The predicted octanol–water partition coefficient (Wildman–Crippen LogP) is -2.39. The molecule has 0 saturated heterocycles. The molecule has 0 spiro atoms. The predicted molar refractivity (Wildman–Crippen MR) is 33.5 cm³/mol. The zero-order chi connectivity index (χ0) is 9.07. The normalized spacial score (nSPS) is 20.2. The van der Waals surface area contributed by atoms with E-state index in [1.54, 1.807) is 0 Å². The van der Waals surface area contributed by atoms with E-state index in [0.29, 0.717) is 0 Å². The molecule has 0 aliphatic carbocycles. The third-order valence-corrected chi connectivity index (χ3v) is 3.35. The molecule has 0 amide bonds. The molecule has 0 heterocycles. The molecule has 68 valence electrons. The number of hydrogen-bond acceptors (Lipinski definition) is 8. The molecule has 0 fully saturated rings.